The molecule has 0 spiro atoms. The van der Waals surface area contributed by atoms with E-state index in [2.05, 4.69) is 10.6 Å². The van der Waals surface area contributed by atoms with Gasteiger partial charge in [0.25, 0.3) is 5.91 Å². The third-order valence-electron chi connectivity index (χ3n) is 5.02. The monoisotopic (exact) mass is 428 g/mol. The van der Waals surface area contributed by atoms with E-state index in [-0.39, 0.29) is 24.8 Å². The van der Waals surface area contributed by atoms with Gasteiger partial charge in [-0.15, -0.1) is 0 Å². The van der Waals surface area contributed by atoms with Gasteiger partial charge in [0.1, 0.15) is 17.9 Å². The molecule has 0 radical (unpaired) electrons. The van der Waals surface area contributed by atoms with Crippen LogP contribution in [0.2, 0.25) is 0 Å². The van der Waals surface area contributed by atoms with Crippen LogP contribution in [0.4, 0.5) is 0 Å². The third kappa shape index (κ3) is 5.35. The first-order valence-corrected chi connectivity index (χ1v) is 10.5. The number of furan rings is 1. The van der Waals surface area contributed by atoms with Crippen molar-refractivity contribution in [3.8, 4) is 5.75 Å². The lowest BCUT2D eigenvalue weighted by Gasteiger charge is -2.08. The van der Waals surface area contributed by atoms with Gasteiger partial charge in [0, 0.05) is 17.5 Å². The smallest absolute Gasteiger partial charge is 0.287 e. The molecule has 0 unspecified atom stereocenters. The molecule has 2 amide bonds. The molecular formula is C26H24N2O4. The van der Waals surface area contributed by atoms with Gasteiger partial charge in [0.2, 0.25) is 5.91 Å². The lowest BCUT2D eigenvalue weighted by molar-refractivity contribution is -0.120. The number of hydrogen-bond donors (Lipinski definition) is 2. The van der Waals surface area contributed by atoms with Crippen LogP contribution in [0.5, 0.6) is 5.75 Å². The number of fused-ring (bicyclic) bond motifs is 1. The summed E-state index contributed by atoms with van der Waals surface area (Å²) < 4.78 is 11.6. The van der Waals surface area contributed by atoms with E-state index in [4.69, 9.17) is 9.15 Å². The van der Waals surface area contributed by atoms with Crippen molar-refractivity contribution in [1.29, 1.82) is 0 Å². The van der Waals surface area contributed by atoms with Crippen LogP contribution in [-0.2, 0) is 17.8 Å². The van der Waals surface area contributed by atoms with E-state index in [9.17, 15) is 9.59 Å². The molecule has 1 aromatic heterocycles. The van der Waals surface area contributed by atoms with Crippen molar-refractivity contribution in [1.82, 2.24) is 10.6 Å². The van der Waals surface area contributed by atoms with Gasteiger partial charge in [-0.25, -0.2) is 0 Å². The average molecular weight is 428 g/mol. The highest BCUT2D eigenvalue weighted by Gasteiger charge is 2.21. The fraction of sp³-hybridized carbons (Fsp3) is 0.154. The largest absolute Gasteiger partial charge is 0.489 e. The molecule has 6 nitrogen and oxygen atoms in total. The predicted molar refractivity (Wildman–Crippen MR) is 122 cm³/mol. The van der Waals surface area contributed by atoms with Gasteiger partial charge in [0.05, 0.1) is 6.54 Å². The summed E-state index contributed by atoms with van der Waals surface area (Å²) in [5.41, 5.74) is 2.38. The Morgan fingerprint density at radius 1 is 0.812 bits per heavy atom. The first-order chi connectivity index (χ1) is 15.7. The molecule has 6 heteroatoms. The van der Waals surface area contributed by atoms with Crippen LogP contribution >= 0.6 is 0 Å². The number of rotatable bonds is 9. The number of amides is 2. The summed E-state index contributed by atoms with van der Waals surface area (Å²) in [6.45, 7) is 0.538. The second kappa shape index (κ2) is 10.3. The van der Waals surface area contributed by atoms with Gasteiger partial charge in [-0.1, -0.05) is 66.7 Å². The zero-order valence-electron chi connectivity index (χ0n) is 17.5. The summed E-state index contributed by atoms with van der Waals surface area (Å²) in [4.78, 5) is 25.0. The summed E-state index contributed by atoms with van der Waals surface area (Å²) in [6, 6.07) is 26.7. The van der Waals surface area contributed by atoms with E-state index in [0.29, 0.717) is 23.4 Å². The van der Waals surface area contributed by atoms with Crippen molar-refractivity contribution in [3.63, 3.8) is 0 Å². The molecule has 0 fully saturated rings. The van der Waals surface area contributed by atoms with Gasteiger partial charge >= 0.3 is 0 Å². The highest BCUT2D eigenvalue weighted by atomic mass is 16.5. The maximum absolute atomic E-state index is 12.8. The number of hydrogen-bond acceptors (Lipinski definition) is 4. The zero-order chi connectivity index (χ0) is 22.2. The third-order valence-corrected chi connectivity index (χ3v) is 5.02. The van der Waals surface area contributed by atoms with Gasteiger partial charge in [-0.05, 0) is 30.2 Å². The molecule has 0 atom stereocenters. The molecule has 2 N–H and O–H groups in total. The molecule has 0 saturated carbocycles. The normalized spacial score (nSPS) is 10.6. The van der Waals surface area contributed by atoms with Crippen molar-refractivity contribution in [2.45, 2.75) is 13.0 Å². The molecule has 3 aromatic carbocycles. The standard InChI is InChI=1S/C26H24N2O4/c29-24(27-16-15-19-9-3-1-4-10-19)17-28-26(30)25-22(18-31-20-11-5-2-6-12-20)21-13-7-8-14-23(21)32-25/h1-14H,15-18H2,(H,27,29)(H,28,30). The van der Waals surface area contributed by atoms with Gasteiger partial charge in [0.15, 0.2) is 5.76 Å². The van der Waals surface area contributed by atoms with Crippen LogP contribution in [0.25, 0.3) is 11.0 Å². The van der Waals surface area contributed by atoms with Crippen LogP contribution in [0.15, 0.2) is 89.3 Å². The summed E-state index contributed by atoms with van der Waals surface area (Å²) in [7, 11) is 0. The van der Waals surface area contributed by atoms with Crippen LogP contribution in [0.3, 0.4) is 0 Å². The highest BCUT2D eigenvalue weighted by Crippen LogP contribution is 2.27. The van der Waals surface area contributed by atoms with Gasteiger partial charge in [-0.3, -0.25) is 9.59 Å². The number of carbonyl (C=O) groups is 2. The Kier molecular flexibility index (Phi) is 6.82. The van der Waals surface area contributed by atoms with E-state index in [1.54, 1.807) is 6.07 Å². The van der Waals surface area contributed by atoms with E-state index in [1.165, 1.54) is 0 Å². The second-order valence-electron chi connectivity index (χ2n) is 7.28. The molecule has 0 aliphatic heterocycles. The van der Waals surface area contributed by atoms with Crippen LogP contribution in [0, 0.1) is 0 Å². The average Bonchev–Trinajstić information content (AvgIpc) is 3.21. The maximum Gasteiger partial charge on any atom is 0.287 e. The first kappa shape index (κ1) is 21.2. The molecule has 4 rings (SSSR count). The van der Waals surface area contributed by atoms with Gasteiger partial charge in [-0.2, -0.15) is 0 Å². The summed E-state index contributed by atoms with van der Waals surface area (Å²) in [5, 5.41) is 6.27. The Hall–Kier alpha value is -4.06. The van der Waals surface area contributed by atoms with Crippen LogP contribution in [0.1, 0.15) is 21.7 Å². The van der Waals surface area contributed by atoms with Crippen molar-refractivity contribution in [2.24, 2.45) is 0 Å². The molecule has 162 valence electrons. The molecular weight excluding hydrogens is 404 g/mol. The quantitative estimate of drug-likeness (QED) is 0.421. The van der Waals surface area contributed by atoms with E-state index in [0.717, 1.165) is 17.4 Å². The fourth-order valence-electron chi connectivity index (χ4n) is 3.39. The molecule has 1 heterocycles. The molecule has 32 heavy (non-hydrogen) atoms. The molecule has 0 aliphatic carbocycles. The lowest BCUT2D eigenvalue weighted by Crippen LogP contribution is -2.37. The van der Waals surface area contributed by atoms with Crippen molar-refractivity contribution < 1.29 is 18.7 Å². The fourth-order valence-corrected chi connectivity index (χ4v) is 3.39. The Morgan fingerprint density at radius 2 is 1.50 bits per heavy atom. The zero-order valence-corrected chi connectivity index (χ0v) is 17.5. The SMILES string of the molecule is O=C(CNC(=O)c1oc2ccccc2c1COc1ccccc1)NCCc1ccccc1. The minimum absolute atomic E-state index is 0.135. The minimum Gasteiger partial charge on any atom is -0.489 e. The minimum atomic E-state index is -0.453. The Labute approximate surface area is 186 Å². The van der Waals surface area contributed by atoms with Crippen LogP contribution in [-0.4, -0.2) is 24.9 Å². The van der Waals surface area contributed by atoms with Crippen molar-refractivity contribution in [2.75, 3.05) is 13.1 Å². The van der Waals surface area contributed by atoms with E-state index >= 15 is 0 Å². The van der Waals surface area contributed by atoms with E-state index < -0.39 is 5.91 Å². The molecule has 4 aromatic rings. The van der Waals surface area contributed by atoms with Crippen molar-refractivity contribution >= 4 is 22.8 Å². The van der Waals surface area contributed by atoms with E-state index in [1.807, 2.05) is 78.9 Å². The Balaban J connectivity index is 1.37. The molecule has 0 saturated heterocycles. The lowest BCUT2D eigenvalue weighted by atomic mass is 10.1. The number of nitrogens with one attached hydrogen (secondary N) is 2. The predicted octanol–water partition coefficient (Wildman–Crippen LogP) is 4.10. The van der Waals surface area contributed by atoms with Gasteiger partial charge < -0.3 is 19.8 Å². The number of carbonyl (C=O) groups excluding carboxylic acids is 2. The number of ether oxygens (including phenoxy) is 1. The summed E-state index contributed by atoms with van der Waals surface area (Å²) in [6.07, 6.45) is 0.727. The topological polar surface area (TPSA) is 80.6 Å². The van der Waals surface area contributed by atoms with Crippen molar-refractivity contribution in [3.05, 3.63) is 102 Å². The number of benzene rings is 3. The number of para-hydroxylation sites is 2. The molecule has 0 aliphatic rings. The molecule has 0 bridgehead atoms. The summed E-state index contributed by atoms with van der Waals surface area (Å²) in [5.74, 6) is 0.139. The Morgan fingerprint density at radius 3 is 2.28 bits per heavy atom. The van der Waals surface area contributed by atoms with Crippen LogP contribution < -0.4 is 15.4 Å². The second-order valence-corrected chi connectivity index (χ2v) is 7.28. The first-order valence-electron chi connectivity index (χ1n) is 10.5. The maximum atomic E-state index is 12.8. The Bertz CT molecular complexity index is 1190. The highest BCUT2D eigenvalue weighted by molar-refractivity contribution is 6.00. The summed E-state index contributed by atoms with van der Waals surface area (Å²) >= 11 is 0.